The van der Waals surface area contributed by atoms with Gasteiger partial charge in [0.25, 0.3) is 0 Å². The fourth-order valence-electron chi connectivity index (χ4n) is 5.36. The maximum atomic E-state index is 14.5. The quantitative estimate of drug-likeness (QED) is 0.612. The molecule has 3 heteroatoms. The summed E-state index contributed by atoms with van der Waals surface area (Å²) >= 11 is 0. The lowest BCUT2D eigenvalue weighted by Crippen LogP contribution is -2.23. The van der Waals surface area contributed by atoms with Crippen molar-refractivity contribution < 1.29 is 4.39 Å². The Balaban J connectivity index is 1.82. The van der Waals surface area contributed by atoms with E-state index in [0.29, 0.717) is 5.92 Å². The number of anilines is 1. The van der Waals surface area contributed by atoms with Gasteiger partial charge in [0.1, 0.15) is 5.82 Å². The van der Waals surface area contributed by atoms with Crippen molar-refractivity contribution in [2.24, 2.45) is 5.92 Å². The van der Waals surface area contributed by atoms with Crippen LogP contribution < -0.4 is 5.32 Å². The summed E-state index contributed by atoms with van der Waals surface area (Å²) in [7, 11) is 1.90. The molecule has 4 rings (SSSR count). The van der Waals surface area contributed by atoms with Crippen molar-refractivity contribution in [1.82, 2.24) is 4.90 Å². The highest BCUT2D eigenvalue weighted by Gasteiger charge is 2.33. The van der Waals surface area contributed by atoms with Crippen LogP contribution >= 0.6 is 0 Å². The SMILES string of the molecule is C=C1C(CC)=C(C(C)C)C=C2C/C(=C3/CCCc4c(C)c(F)cc(NC)c43)CN12. The van der Waals surface area contributed by atoms with E-state index < -0.39 is 0 Å². The van der Waals surface area contributed by atoms with Crippen molar-refractivity contribution in [2.75, 3.05) is 18.9 Å². The van der Waals surface area contributed by atoms with Crippen molar-refractivity contribution in [3.8, 4) is 0 Å². The van der Waals surface area contributed by atoms with Gasteiger partial charge in [0.15, 0.2) is 0 Å². The molecule has 0 amide bonds. The molecular formula is C26H33FN2. The Hall–Kier alpha value is -2.29. The summed E-state index contributed by atoms with van der Waals surface area (Å²) in [6.45, 7) is 14.1. The van der Waals surface area contributed by atoms with E-state index in [1.807, 2.05) is 14.0 Å². The molecule has 2 nitrogen and oxygen atoms in total. The van der Waals surface area contributed by atoms with Gasteiger partial charge in [-0.25, -0.2) is 4.39 Å². The zero-order valence-corrected chi connectivity index (χ0v) is 18.5. The Bertz CT molecular complexity index is 975. The van der Waals surface area contributed by atoms with Crippen LogP contribution in [0.3, 0.4) is 0 Å². The summed E-state index contributed by atoms with van der Waals surface area (Å²) in [4.78, 5) is 2.41. The van der Waals surface area contributed by atoms with E-state index in [-0.39, 0.29) is 5.82 Å². The fraction of sp³-hybridized carbons (Fsp3) is 0.462. The average molecular weight is 393 g/mol. The molecule has 1 aromatic carbocycles. The molecule has 0 aromatic heterocycles. The molecule has 1 aromatic rings. The van der Waals surface area contributed by atoms with Crippen LogP contribution in [-0.2, 0) is 6.42 Å². The van der Waals surface area contributed by atoms with Crippen LogP contribution in [0.15, 0.2) is 46.8 Å². The first kappa shape index (κ1) is 20.0. The van der Waals surface area contributed by atoms with Crippen molar-refractivity contribution in [2.45, 2.75) is 59.8 Å². The number of rotatable bonds is 3. The molecule has 1 N–H and O–H groups in total. The third kappa shape index (κ3) is 3.15. The Labute approximate surface area is 174 Å². The second-order valence-corrected chi connectivity index (χ2v) is 8.86. The van der Waals surface area contributed by atoms with E-state index in [1.165, 1.54) is 44.8 Å². The van der Waals surface area contributed by atoms with Crippen LogP contribution in [0.5, 0.6) is 0 Å². The van der Waals surface area contributed by atoms with Crippen molar-refractivity contribution in [3.05, 3.63) is 69.3 Å². The molecule has 1 saturated heterocycles. The molecular weight excluding hydrogens is 359 g/mol. The van der Waals surface area contributed by atoms with E-state index >= 15 is 0 Å². The number of nitrogens with one attached hydrogen (secondary N) is 1. The number of halogens is 1. The summed E-state index contributed by atoms with van der Waals surface area (Å²) < 4.78 is 14.5. The third-order valence-corrected chi connectivity index (χ3v) is 6.92. The van der Waals surface area contributed by atoms with E-state index in [1.54, 1.807) is 6.07 Å². The molecule has 0 unspecified atom stereocenters. The van der Waals surface area contributed by atoms with Crippen LogP contribution in [-0.4, -0.2) is 18.5 Å². The van der Waals surface area contributed by atoms with Gasteiger partial charge in [0, 0.05) is 42.7 Å². The monoisotopic (exact) mass is 392 g/mol. The second kappa shape index (κ2) is 7.51. The van der Waals surface area contributed by atoms with Gasteiger partial charge in [0.05, 0.1) is 0 Å². The third-order valence-electron chi connectivity index (χ3n) is 6.92. The lowest BCUT2D eigenvalue weighted by Gasteiger charge is -2.31. The van der Waals surface area contributed by atoms with Crippen molar-refractivity contribution >= 4 is 11.3 Å². The second-order valence-electron chi connectivity index (χ2n) is 8.86. The number of allylic oxidation sites excluding steroid dienone is 5. The predicted molar refractivity (Wildman–Crippen MR) is 121 cm³/mol. The highest BCUT2D eigenvalue weighted by atomic mass is 19.1. The van der Waals surface area contributed by atoms with Gasteiger partial charge >= 0.3 is 0 Å². The molecule has 154 valence electrons. The van der Waals surface area contributed by atoms with Gasteiger partial charge in [-0.1, -0.05) is 27.4 Å². The van der Waals surface area contributed by atoms with Crippen LogP contribution in [0.1, 0.15) is 63.1 Å². The standard InChI is InChI=1S/C26H33FN2/c1-7-20-17(5)29-14-18(11-19(29)12-23(20)15(2)3)22-10-8-9-21-16(4)24(27)13-25(28-6)26(21)22/h12-13,15,28H,5,7-11,14H2,1-4,6H3/b22-18+. The zero-order chi connectivity index (χ0) is 20.9. The van der Waals surface area contributed by atoms with E-state index in [4.69, 9.17) is 0 Å². The topological polar surface area (TPSA) is 15.3 Å². The highest BCUT2D eigenvalue weighted by Crippen LogP contribution is 2.46. The first-order chi connectivity index (χ1) is 13.9. The summed E-state index contributed by atoms with van der Waals surface area (Å²) in [5, 5.41) is 3.26. The van der Waals surface area contributed by atoms with Crippen molar-refractivity contribution in [1.29, 1.82) is 0 Å². The van der Waals surface area contributed by atoms with Gasteiger partial charge in [-0.15, -0.1) is 0 Å². The maximum Gasteiger partial charge on any atom is 0.128 e. The molecule has 0 saturated carbocycles. The van der Waals surface area contributed by atoms with Gasteiger partial charge < -0.3 is 10.2 Å². The fourth-order valence-corrected chi connectivity index (χ4v) is 5.36. The maximum absolute atomic E-state index is 14.5. The molecule has 2 heterocycles. The molecule has 29 heavy (non-hydrogen) atoms. The van der Waals surface area contributed by atoms with Crippen LogP contribution in [0.25, 0.3) is 5.57 Å². The van der Waals surface area contributed by atoms with Gasteiger partial charge in [0.2, 0.25) is 0 Å². The summed E-state index contributed by atoms with van der Waals surface area (Å²) in [6.07, 6.45) is 7.52. The van der Waals surface area contributed by atoms with E-state index in [2.05, 4.69) is 43.6 Å². The van der Waals surface area contributed by atoms with E-state index in [9.17, 15) is 4.39 Å². The zero-order valence-electron chi connectivity index (χ0n) is 18.5. The normalized spacial score (nSPS) is 21.6. The Morgan fingerprint density at radius 3 is 2.69 bits per heavy atom. The minimum Gasteiger partial charge on any atom is -0.388 e. The lowest BCUT2D eigenvalue weighted by molar-refractivity contribution is 0.496. The smallest absolute Gasteiger partial charge is 0.128 e. The van der Waals surface area contributed by atoms with Gasteiger partial charge in [-0.2, -0.15) is 0 Å². The van der Waals surface area contributed by atoms with Gasteiger partial charge in [-0.3, -0.25) is 0 Å². The number of benzene rings is 1. The number of nitrogens with zero attached hydrogens (tertiary/aromatic N) is 1. The molecule has 3 aliphatic rings. The molecule has 0 spiro atoms. The molecule has 0 bridgehead atoms. The first-order valence-electron chi connectivity index (χ1n) is 11.0. The molecule has 1 aliphatic carbocycles. The minimum atomic E-state index is -0.0994. The van der Waals surface area contributed by atoms with Crippen LogP contribution in [0.2, 0.25) is 0 Å². The number of hydrogen-bond donors (Lipinski definition) is 1. The highest BCUT2D eigenvalue weighted by molar-refractivity contribution is 5.83. The Kier molecular flexibility index (Phi) is 5.18. The largest absolute Gasteiger partial charge is 0.388 e. The van der Waals surface area contributed by atoms with Crippen LogP contribution in [0, 0.1) is 18.7 Å². The van der Waals surface area contributed by atoms with E-state index in [0.717, 1.165) is 49.9 Å². The predicted octanol–water partition coefficient (Wildman–Crippen LogP) is 6.75. The molecule has 2 aliphatic heterocycles. The summed E-state index contributed by atoms with van der Waals surface area (Å²) in [5.74, 6) is 0.405. The van der Waals surface area contributed by atoms with Gasteiger partial charge in [-0.05, 0) is 84.1 Å². The average Bonchev–Trinajstić information content (AvgIpc) is 3.14. The summed E-state index contributed by atoms with van der Waals surface area (Å²) in [6, 6.07) is 1.67. The molecule has 0 atom stereocenters. The van der Waals surface area contributed by atoms with Crippen LogP contribution in [0.4, 0.5) is 10.1 Å². The number of hydrogen-bond acceptors (Lipinski definition) is 2. The molecule has 1 fully saturated rings. The number of fused-ring (bicyclic) bond motifs is 2. The minimum absolute atomic E-state index is 0.0994. The molecule has 0 radical (unpaired) electrons. The Morgan fingerprint density at radius 1 is 1.28 bits per heavy atom. The van der Waals surface area contributed by atoms with Crippen molar-refractivity contribution in [3.63, 3.8) is 0 Å². The lowest BCUT2D eigenvalue weighted by atomic mass is 9.81. The first-order valence-corrected chi connectivity index (χ1v) is 11.0. The Morgan fingerprint density at radius 2 is 2.03 bits per heavy atom. The summed E-state index contributed by atoms with van der Waals surface area (Å²) in [5.41, 5.74) is 12.5.